The molecule has 4 nitrogen and oxygen atoms in total. The van der Waals surface area contributed by atoms with Gasteiger partial charge in [-0.25, -0.2) is 0 Å². The lowest BCUT2D eigenvalue weighted by Gasteiger charge is -2.07. The molecule has 6 heteroatoms. The second kappa shape index (κ2) is 5.83. The van der Waals surface area contributed by atoms with Crippen LogP contribution in [0.3, 0.4) is 0 Å². The standard InChI is InChI=1S/C13H7BrClN3O/c14-9-1-2-11(8(5-9)7-16)18-13(19)12-6-10(15)3-4-17-12/h1-6H,(H,18,19). The number of pyridine rings is 1. The van der Waals surface area contributed by atoms with Gasteiger partial charge >= 0.3 is 0 Å². The summed E-state index contributed by atoms with van der Waals surface area (Å²) in [6.45, 7) is 0. The first kappa shape index (κ1) is 13.5. The lowest BCUT2D eigenvalue weighted by atomic mass is 10.2. The quantitative estimate of drug-likeness (QED) is 0.911. The molecule has 1 aromatic heterocycles. The molecule has 1 N–H and O–H groups in total. The average molecular weight is 337 g/mol. The number of anilines is 1. The number of nitrogens with zero attached hydrogens (tertiary/aromatic N) is 2. The first-order chi connectivity index (χ1) is 9.10. The number of nitriles is 1. The van der Waals surface area contributed by atoms with Gasteiger partial charge in [0.2, 0.25) is 0 Å². The molecule has 0 aliphatic carbocycles. The Morgan fingerprint density at radius 2 is 2.16 bits per heavy atom. The van der Waals surface area contributed by atoms with Crippen LogP contribution in [0.25, 0.3) is 0 Å². The molecule has 0 saturated carbocycles. The lowest BCUT2D eigenvalue weighted by Crippen LogP contribution is -2.14. The highest BCUT2D eigenvalue weighted by molar-refractivity contribution is 9.10. The second-order valence-corrected chi connectivity index (χ2v) is 4.97. The molecular weight excluding hydrogens is 330 g/mol. The maximum atomic E-state index is 12.0. The number of rotatable bonds is 2. The van der Waals surface area contributed by atoms with Gasteiger partial charge in [-0.1, -0.05) is 27.5 Å². The Bertz CT molecular complexity index is 682. The Labute approximate surface area is 123 Å². The first-order valence-electron chi connectivity index (χ1n) is 5.22. The molecule has 0 fully saturated rings. The minimum Gasteiger partial charge on any atom is -0.319 e. The molecule has 94 valence electrons. The minimum absolute atomic E-state index is 0.194. The largest absolute Gasteiger partial charge is 0.319 e. The fraction of sp³-hybridized carbons (Fsp3) is 0. The molecule has 0 unspecified atom stereocenters. The molecule has 2 rings (SSSR count). The molecule has 0 radical (unpaired) electrons. The molecule has 0 spiro atoms. The molecule has 1 aromatic carbocycles. The van der Waals surface area contributed by atoms with E-state index in [9.17, 15) is 4.79 Å². The van der Waals surface area contributed by atoms with Gasteiger partial charge in [-0.2, -0.15) is 5.26 Å². The molecule has 1 amide bonds. The van der Waals surface area contributed by atoms with E-state index in [2.05, 4.69) is 26.2 Å². The topological polar surface area (TPSA) is 65.8 Å². The van der Waals surface area contributed by atoms with E-state index in [1.54, 1.807) is 24.3 Å². The number of nitrogens with one attached hydrogen (secondary N) is 1. The fourth-order valence-electron chi connectivity index (χ4n) is 1.43. The van der Waals surface area contributed by atoms with Crippen molar-refractivity contribution in [3.05, 3.63) is 57.3 Å². The van der Waals surface area contributed by atoms with Crippen LogP contribution in [0, 0.1) is 11.3 Å². The van der Waals surface area contributed by atoms with Gasteiger partial charge in [0.1, 0.15) is 11.8 Å². The van der Waals surface area contributed by atoms with E-state index >= 15 is 0 Å². The number of benzene rings is 1. The number of carbonyl (C=O) groups excluding carboxylic acids is 1. The third kappa shape index (κ3) is 3.31. The van der Waals surface area contributed by atoms with Crippen LogP contribution in [-0.2, 0) is 0 Å². The van der Waals surface area contributed by atoms with Crippen molar-refractivity contribution in [3.63, 3.8) is 0 Å². The van der Waals surface area contributed by atoms with Gasteiger partial charge in [0, 0.05) is 15.7 Å². The molecule has 19 heavy (non-hydrogen) atoms. The zero-order valence-corrected chi connectivity index (χ0v) is 11.9. The van der Waals surface area contributed by atoms with E-state index in [0.717, 1.165) is 4.47 Å². The van der Waals surface area contributed by atoms with Crippen molar-refractivity contribution in [3.8, 4) is 6.07 Å². The summed E-state index contributed by atoms with van der Waals surface area (Å²) in [6, 6.07) is 10.1. The summed E-state index contributed by atoms with van der Waals surface area (Å²) in [5.41, 5.74) is 0.988. The normalized spacial score (nSPS) is 9.74. The number of halogens is 2. The van der Waals surface area contributed by atoms with Crippen LogP contribution in [0.1, 0.15) is 16.1 Å². The molecule has 2 aromatic rings. The molecular formula is C13H7BrClN3O. The van der Waals surface area contributed by atoms with Gasteiger partial charge in [-0.3, -0.25) is 9.78 Å². The molecule has 0 aliphatic heterocycles. The number of carbonyl (C=O) groups is 1. The average Bonchev–Trinajstić information content (AvgIpc) is 2.40. The first-order valence-corrected chi connectivity index (χ1v) is 6.40. The Morgan fingerprint density at radius 3 is 2.84 bits per heavy atom. The van der Waals surface area contributed by atoms with Gasteiger partial charge < -0.3 is 5.32 Å². The summed E-state index contributed by atoms with van der Waals surface area (Å²) in [5.74, 6) is -0.415. The minimum atomic E-state index is -0.415. The van der Waals surface area contributed by atoms with Crippen LogP contribution in [0.5, 0.6) is 0 Å². The lowest BCUT2D eigenvalue weighted by molar-refractivity contribution is 0.102. The molecule has 1 heterocycles. The number of hydrogen-bond acceptors (Lipinski definition) is 3. The second-order valence-electron chi connectivity index (χ2n) is 3.62. The Kier molecular flexibility index (Phi) is 4.15. The van der Waals surface area contributed by atoms with E-state index < -0.39 is 5.91 Å². The van der Waals surface area contributed by atoms with Gasteiger partial charge in [0.15, 0.2) is 0 Å². The predicted octanol–water partition coefficient (Wildman–Crippen LogP) is 3.62. The summed E-state index contributed by atoms with van der Waals surface area (Å²) in [6.07, 6.45) is 1.45. The zero-order chi connectivity index (χ0) is 13.8. The highest BCUT2D eigenvalue weighted by Crippen LogP contribution is 2.21. The summed E-state index contributed by atoms with van der Waals surface area (Å²) in [5, 5.41) is 12.1. The molecule has 0 bridgehead atoms. The van der Waals surface area contributed by atoms with Crippen LogP contribution in [0.15, 0.2) is 41.0 Å². The van der Waals surface area contributed by atoms with Gasteiger partial charge in [-0.15, -0.1) is 0 Å². The SMILES string of the molecule is N#Cc1cc(Br)ccc1NC(=O)c1cc(Cl)ccn1. The predicted molar refractivity (Wildman–Crippen MR) is 76.1 cm³/mol. The van der Waals surface area contributed by atoms with Crippen molar-refractivity contribution in [1.82, 2.24) is 4.98 Å². The van der Waals surface area contributed by atoms with Crippen LogP contribution in [-0.4, -0.2) is 10.9 Å². The van der Waals surface area contributed by atoms with E-state index in [1.807, 2.05) is 6.07 Å². The molecule has 0 atom stereocenters. The third-order valence-electron chi connectivity index (χ3n) is 2.30. The smallest absolute Gasteiger partial charge is 0.274 e. The summed E-state index contributed by atoms with van der Waals surface area (Å²) in [7, 11) is 0. The molecule has 0 aliphatic rings. The van der Waals surface area contributed by atoms with Gasteiger partial charge in [0.05, 0.1) is 11.3 Å². The third-order valence-corrected chi connectivity index (χ3v) is 3.03. The maximum absolute atomic E-state index is 12.0. The van der Waals surface area contributed by atoms with Crippen LogP contribution < -0.4 is 5.32 Å². The van der Waals surface area contributed by atoms with E-state index in [1.165, 1.54) is 12.3 Å². The summed E-state index contributed by atoms with van der Waals surface area (Å²) < 4.78 is 0.767. The fourth-order valence-corrected chi connectivity index (χ4v) is 1.95. The van der Waals surface area contributed by atoms with Crippen molar-refractivity contribution >= 4 is 39.1 Å². The van der Waals surface area contributed by atoms with Crippen LogP contribution in [0.2, 0.25) is 5.02 Å². The summed E-state index contributed by atoms with van der Waals surface area (Å²) in [4.78, 5) is 15.9. The van der Waals surface area contributed by atoms with Crippen molar-refractivity contribution < 1.29 is 4.79 Å². The van der Waals surface area contributed by atoms with Crippen molar-refractivity contribution in [1.29, 1.82) is 5.26 Å². The van der Waals surface area contributed by atoms with Gasteiger partial charge in [0.25, 0.3) is 5.91 Å². The monoisotopic (exact) mass is 335 g/mol. The Balaban J connectivity index is 2.27. The summed E-state index contributed by atoms with van der Waals surface area (Å²) >= 11 is 9.06. The van der Waals surface area contributed by atoms with Crippen LogP contribution >= 0.6 is 27.5 Å². The van der Waals surface area contributed by atoms with Crippen molar-refractivity contribution in [2.75, 3.05) is 5.32 Å². The number of amides is 1. The number of aromatic nitrogens is 1. The maximum Gasteiger partial charge on any atom is 0.274 e. The van der Waals surface area contributed by atoms with Crippen molar-refractivity contribution in [2.24, 2.45) is 0 Å². The molecule has 0 saturated heterocycles. The van der Waals surface area contributed by atoms with Crippen molar-refractivity contribution in [2.45, 2.75) is 0 Å². The van der Waals surface area contributed by atoms with Crippen LogP contribution in [0.4, 0.5) is 5.69 Å². The number of hydrogen-bond donors (Lipinski definition) is 1. The highest BCUT2D eigenvalue weighted by atomic mass is 79.9. The Hall–Kier alpha value is -1.90. The Morgan fingerprint density at radius 1 is 1.37 bits per heavy atom. The van der Waals surface area contributed by atoms with Gasteiger partial charge in [-0.05, 0) is 30.3 Å². The van der Waals surface area contributed by atoms with E-state index in [0.29, 0.717) is 16.3 Å². The van der Waals surface area contributed by atoms with E-state index in [4.69, 9.17) is 16.9 Å². The van der Waals surface area contributed by atoms with E-state index in [-0.39, 0.29) is 5.69 Å². The highest BCUT2D eigenvalue weighted by Gasteiger charge is 2.11. The zero-order valence-electron chi connectivity index (χ0n) is 9.52.